The van der Waals surface area contributed by atoms with E-state index in [1.54, 1.807) is 13.4 Å². The molecule has 0 N–H and O–H groups in total. The Kier molecular flexibility index (Phi) is 4.07. The topological polar surface area (TPSA) is 25.6 Å². The number of ether oxygens (including phenoxy) is 1. The van der Waals surface area contributed by atoms with Gasteiger partial charge in [0.2, 0.25) is 0 Å². The van der Waals surface area contributed by atoms with Gasteiger partial charge in [-0.2, -0.15) is 0 Å². The molecule has 0 spiro atoms. The SMILES string of the molecule is COc1ccc2c(c1)CCN(CCCc1ccco1)C2. The van der Waals surface area contributed by atoms with Gasteiger partial charge in [-0.25, -0.2) is 0 Å². The second kappa shape index (κ2) is 6.14. The highest BCUT2D eigenvalue weighted by Crippen LogP contribution is 2.23. The Morgan fingerprint density at radius 1 is 1.25 bits per heavy atom. The quantitative estimate of drug-likeness (QED) is 0.834. The molecule has 0 saturated carbocycles. The zero-order valence-electron chi connectivity index (χ0n) is 12.0. The Balaban J connectivity index is 1.53. The number of aryl methyl sites for hydroxylation is 1. The highest BCUT2D eigenvalue weighted by atomic mass is 16.5. The number of methoxy groups -OCH3 is 1. The fraction of sp³-hybridized carbons (Fsp3) is 0.412. The van der Waals surface area contributed by atoms with E-state index in [0.717, 1.165) is 50.4 Å². The molecule has 3 nitrogen and oxygen atoms in total. The minimum Gasteiger partial charge on any atom is -0.497 e. The summed E-state index contributed by atoms with van der Waals surface area (Å²) in [6.07, 6.45) is 5.05. The zero-order chi connectivity index (χ0) is 13.8. The van der Waals surface area contributed by atoms with Crippen LogP contribution in [0.25, 0.3) is 0 Å². The van der Waals surface area contributed by atoms with Crippen LogP contribution in [0.1, 0.15) is 23.3 Å². The van der Waals surface area contributed by atoms with E-state index >= 15 is 0 Å². The Morgan fingerprint density at radius 2 is 2.20 bits per heavy atom. The molecular weight excluding hydrogens is 250 g/mol. The highest BCUT2D eigenvalue weighted by molar-refractivity contribution is 5.37. The minimum absolute atomic E-state index is 0.968. The summed E-state index contributed by atoms with van der Waals surface area (Å²) in [7, 11) is 1.73. The lowest BCUT2D eigenvalue weighted by Crippen LogP contribution is -2.31. The predicted molar refractivity (Wildman–Crippen MR) is 79.0 cm³/mol. The van der Waals surface area contributed by atoms with Crippen molar-refractivity contribution in [2.75, 3.05) is 20.2 Å². The summed E-state index contributed by atoms with van der Waals surface area (Å²) in [6, 6.07) is 10.4. The number of furan rings is 1. The molecule has 1 aromatic carbocycles. The molecule has 106 valence electrons. The van der Waals surface area contributed by atoms with Gasteiger partial charge in [-0.05, 0) is 54.8 Å². The molecule has 0 amide bonds. The number of hydrogen-bond acceptors (Lipinski definition) is 3. The number of nitrogens with zero attached hydrogens (tertiary/aromatic N) is 1. The first-order valence-corrected chi connectivity index (χ1v) is 7.25. The molecule has 0 saturated heterocycles. The minimum atomic E-state index is 0.968. The summed E-state index contributed by atoms with van der Waals surface area (Å²) in [4.78, 5) is 2.53. The van der Waals surface area contributed by atoms with Gasteiger partial charge in [-0.1, -0.05) is 6.07 Å². The van der Waals surface area contributed by atoms with Crippen molar-refractivity contribution in [2.45, 2.75) is 25.8 Å². The monoisotopic (exact) mass is 271 g/mol. The number of rotatable bonds is 5. The molecule has 3 heteroatoms. The molecule has 2 aromatic rings. The first-order valence-electron chi connectivity index (χ1n) is 7.25. The van der Waals surface area contributed by atoms with Gasteiger partial charge in [-0.15, -0.1) is 0 Å². The molecule has 1 aromatic heterocycles. The van der Waals surface area contributed by atoms with Gasteiger partial charge in [0, 0.05) is 19.5 Å². The Labute approximate surface area is 120 Å². The lowest BCUT2D eigenvalue weighted by molar-refractivity contribution is 0.249. The summed E-state index contributed by atoms with van der Waals surface area (Å²) < 4.78 is 10.7. The van der Waals surface area contributed by atoms with Crippen LogP contribution < -0.4 is 4.74 Å². The van der Waals surface area contributed by atoms with E-state index in [2.05, 4.69) is 29.2 Å². The molecule has 0 atom stereocenters. The van der Waals surface area contributed by atoms with E-state index < -0.39 is 0 Å². The lowest BCUT2D eigenvalue weighted by atomic mass is 9.99. The molecule has 1 aliphatic heterocycles. The van der Waals surface area contributed by atoms with Crippen molar-refractivity contribution in [2.24, 2.45) is 0 Å². The second-order valence-corrected chi connectivity index (χ2v) is 5.34. The van der Waals surface area contributed by atoms with Gasteiger partial charge >= 0.3 is 0 Å². The van der Waals surface area contributed by atoms with E-state index in [4.69, 9.17) is 9.15 Å². The van der Waals surface area contributed by atoms with E-state index in [1.807, 2.05) is 6.07 Å². The molecule has 1 aliphatic rings. The Hall–Kier alpha value is -1.74. The fourth-order valence-electron chi connectivity index (χ4n) is 2.84. The van der Waals surface area contributed by atoms with Crippen LogP contribution in [-0.2, 0) is 19.4 Å². The molecule has 0 fully saturated rings. The van der Waals surface area contributed by atoms with Crippen molar-refractivity contribution < 1.29 is 9.15 Å². The number of hydrogen-bond donors (Lipinski definition) is 0. The Morgan fingerprint density at radius 3 is 3.00 bits per heavy atom. The third-order valence-corrected chi connectivity index (χ3v) is 3.98. The van der Waals surface area contributed by atoms with E-state index in [0.29, 0.717) is 0 Å². The smallest absolute Gasteiger partial charge is 0.119 e. The molecule has 0 aliphatic carbocycles. The van der Waals surface area contributed by atoms with Crippen molar-refractivity contribution in [1.82, 2.24) is 4.90 Å². The van der Waals surface area contributed by atoms with Crippen molar-refractivity contribution in [3.63, 3.8) is 0 Å². The molecule has 0 unspecified atom stereocenters. The number of benzene rings is 1. The van der Waals surface area contributed by atoms with E-state index in [-0.39, 0.29) is 0 Å². The van der Waals surface area contributed by atoms with E-state index in [9.17, 15) is 0 Å². The molecule has 2 heterocycles. The van der Waals surface area contributed by atoms with Crippen molar-refractivity contribution >= 4 is 0 Å². The van der Waals surface area contributed by atoms with Gasteiger partial charge < -0.3 is 9.15 Å². The van der Waals surface area contributed by atoms with Gasteiger partial charge in [0.05, 0.1) is 13.4 Å². The van der Waals surface area contributed by atoms with Crippen molar-refractivity contribution in [3.8, 4) is 5.75 Å². The van der Waals surface area contributed by atoms with Crippen LogP contribution in [-0.4, -0.2) is 25.1 Å². The highest BCUT2D eigenvalue weighted by Gasteiger charge is 2.16. The third kappa shape index (κ3) is 3.05. The first-order chi connectivity index (χ1) is 9.85. The van der Waals surface area contributed by atoms with Gasteiger partial charge in [0.1, 0.15) is 11.5 Å². The first kappa shape index (κ1) is 13.3. The molecular formula is C17H21NO2. The standard InChI is InChI=1S/C17H21NO2/c1-19-17-7-6-15-13-18(10-8-14(15)12-17)9-2-4-16-5-3-11-20-16/h3,5-7,11-12H,2,4,8-10,13H2,1H3. The summed E-state index contributed by atoms with van der Waals surface area (Å²) in [5.41, 5.74) is 2.88. The maximum Gasteiger partial charge on any atom is 0.119 e. The summed E-state index contributed by atoms with van der Waals surface area (Å²) in [6.45, 7) is 3.32. The maximum atomic E-state index is 5.37. The molecule has 3 rings (SSSR count). The van der Waals surface area contributed by atoms with Crippen LogP contribution >= 0.6 is 0 Å². The van der Waals surface area contributed by atoms with Crippen LogP contribution in [0.5, 0.6) is 5.75 Å². The van der Waals surface area contributed by atoms with E-state index in [1.165, 1.54) is 11.1 Å². The second-order valence-electron chi connectivity index (χ2n) is 5.34. The van der Waals surface area contributed by atoms with Crippen LogP contribution in [0.3, 0.4) is 0 Å². The van der Waals surface area contributed by atoms with Crippen LogP contribution in [0.2, 0.25) is 0 Å². The van der Waals surface area contributed by atoms with Crippen molar-refractivity contribution in [1.29, 1.82) is 0 Å². The van der Waals surface area contributed by atoms with Gasteiger partial charge in [0.25, 0.3) is 0 Å². The fourth-order valence-corrected chi connectivity index (χ4v) is 2.84. The molecule has 0 bridgehead atoms. The van der Waals surface area contributed by atoms with Gasteiger partial charge in [0.15, 0.2) is 0 Å². The summed E-state index contributed by atoms with van der Waals surface area (Å²) in [5, 5.41) is 0. The predicted octanol–water partition coefficient (Wildman–Crippen LogP) is 3.28. The average Bonchev–Trinajstić information content (AvgIpc) is 3.00. The number of fused-ring (bicyclic) bond motifs is 1. The molecule has 20 heavy (non-hydrogen) atoms. The maximum absolute atomic E-state index is 5.37. The Bertz CT molecular complexity index is 548. The third-order valence-electron chi connectivity index (χ3n) is 3.98. The van der Waals surface area contributed by atoms with Crippen LogP contribution in [0.4, 0.5) is 0 Å². The lowest BCUT2D eigenvalue weighted by Gasteiger charge is -2.28. The van der Waals surface area contributed by atoms with Gasteiger partial charge in [-0.3, -0.25) is 4.90 Å². The summed E-state index contributed by atoms with van der Waals surface area (Å²) in [5.74, 6) is 2.06. The average molecular weight is 271 g/mol. The zero-order valence-corrected chi connectivity index (χ0v) is 12.0. The summed E-state index contributed by atoms with van der Waals surface area (Å²) >= 11 is 0. The van der Waals surface area contributed by atoms with Crippen molar-refractivity contribution in [3.05, 3.63) is 53.5 Å². The molecule has 0 radical (unpaired) electrons. The largest absolute Gasteiger partial charge is 0.497 e. The van der Waals surface area contributed by atoms with Crippen LogP contribution in [0, 0.1) is 0 Å². The van der Waals surface area contributed by atoms with Crippen LogP contribution in [0.15, 0.2) is 41.0 Å². The normalized spacial score (nSPS) is 15.1.